The van der Waals surface area contributed by atoms with Crippen LogP contribution in [0.25, 0.3) is 0 Å². The van der Waals surface area contributed by atoms with Crippen LogP contribution in [0, 0.1) is 5.92 Å². The zero-order chi connectivity index (χ0) is 13.7. The maximum Gasteiger partial charge on any atom is 0.411 e. The molecule has 0 spiro atoms. The fourth-order valence-electron chi connectivity index (χ4n) is 2.58. The second-order valence-electron chi connectivity index (χ2n) is 5.77. The molecule has 1 aliphatic carbocycles. The predicted octanol–water partition coefficient (Wildman–Crippen LogP) is 1.51. The lowest BCUT2D eigenvalue weighted by Gasteiger charge is -2.31. The standard InChI is InChI=1S/C12H18FNO4/c1-12(2,3)18-11(16)14-7-5-6(8(7)13)9(14)10(15)17-4/h6-9H,5H2,1-4H3/t6-,7+,8-,9+/m1/s1. The van der Waals surface area contributed by atoms with E-state index in [1.54, 1.807) is 20.8 Å². The highest BCUT2D eigenvalue weighted by Crippen LogP contribution is 2.48. The molecule has 2 aliphatic heterocycles. The lowest BCUT2D eigenvalue weighted by atomic mass is 9.81. The smallest absolute Gasteiger partial charge is 0.411 e. The predicted molar refractivity (Wildman–Crippen MR) is 60.7 cm³/mol. The van der Waals surface area contributed by atoms with Gasteiger partial charge in [0.2, 0.25) is 0 Å². The molecule has 0 radical (unpaired) electrons. The van der Waals surface area contributed by atoms with Gasteiger partial charge in [0.05, 0.1) is 13.2 Å². The second-order valence-corrected chi connectivity index (χ2v) is 5.77. The van der Waals surface area contributed by atoms with Crippen LogP contribution in [0.2, 0.25) is 0 Å². The Kier molecular flexibility index (Phi) is 2.99. The highest BCUT2D eigenvalue weighted by molar-refractivity contribution is 5.84. The van der Waals surface area contributed by atoms with Gasteiger partial charge in [0.25, 0.3) is 0 Å². The van der Waals surface area contributed by atoms with Gasteiger partial charge in [0.15, 0.2) is 0 Å². The fraction of sp³-hybridized carbons (Fsp3) is 0.833. The summed E-state index contributed by atoms with van der Waals surface area (Å²) in [5.41, 5.74) is -0.670. The number of halogens is 1. The Balaban J connectivity index is 2.15. The molecule has 4 atom stereocenters. The Bertz CT molecular complexity index is 379. The van der Waals surface area contributed by atoms with Gasteiger partial charge in [0, 0.05) is 5.92 Å². The number of fused-ring (bicyclic) bond motifs is 1. The summed E-state index contributed by atoms with van der Waals surface area (Å²) in [7, 11) is 1.23. The summed E-state index contributed by atoms with van der Waals surface area (Å²) >= 11 is 0. The minimum absolute atomic E-state index is 0.449. The normalized spacial score (nSPS) is 33.9. The van der Waals surface area contributed by atoms with E-state index >= 15 is 0 Å². The van der Waals surface area contributed by atoms with E-state index < -0.39 is 41.8 Å². The molecule has 3 fully saturated rings. The van der Waals surface area contributed by atoms with Crippen molar-refractivity contribution in [2.75, 3.05) is 7.11 Å². The van der Waals surface area contributed by atoms with E-state index in [-0.39, 0.29) is 0 Å². The van der Waals surface area contributed by atoms with Crippen LogP contribution in [0.5, 0.6) is 0 Å². The number of hydrogen-bond donors (Lipinski definition) is 0. The first-order chi connectivity index (χ1) is 8.26. The van der Waals surface area contributed by atoms with Crippen LogP contribution < -0.4 is 0 Å². The Hall–Kier alpha value is -1.33. The van der Waals surface area contributed by atoms with E-state index in [1.807, 2.05) is 0 Å². The number of carbonyl (C=O) groups is 2. The molecular formula is C12H18FNO4. The van der Waals surface area contributed by atoms with Crippen LogP contribution in [0.1, 0.15) is 27.2 Å². The third-order valence-electron chi connectivity index (χ3n) is 3.40. The average molecular weight is 259 g/mol. The van der Waals surface area contributed by atoms with Crippen LogP contribution in [0.3, 0.4) is 0 Å². The SMILES string of the molecule is COC(=O)[C@@H]1[C@@H]2C[C@@H]([C@@H]2F)N1C(=O)OC(C)(C)C. The van der Waals surface area contributed by atoms with Gasteiger partial charge in [-0.15, -0.1) is 0 Å². The molecule has 0 unspecified atom stereocenters. The largest absolute Gasteiger partial charge is 0.467 e. The number of alkyl halides is 1. The molecule has 0 aromatic rings. The number of amides is 1. The molecular weight excluding hydrogens is 241 g/mol. The average Bonchev–Trinajstić information content (AvgIpc) is 2.77. The molecule has 1 amide bonds. The number of rotatable bonds is 1. The van der Waals surface area contributed by atoms with Gasteiger partial charge in [-0.3, -0.25) is 4.90 Å². The van der Waals surface area contributed by atoms with Gasteiger partial charge < -0.3 is 9.47 Å². The van der Waals surface area contributed by atoms with Crippen molar-refractivity contribution in [1.82, 2.24) is 4.90 Å². The lowest BCUT2D eigenvalue weighted by molar-refractivity contribution is -0.146. The lowest BCUT2D eigenvalue weighted by Crippen LogP contribution is -2.46. The first-order valence-corrected chi connectivity index (χ1v) is 5.99. The summed E-state index contributed by atoms with van der Waals surface area (Å²) in [5, 5.41) is 0. The highest BCUT2D eigenvalue weighted by Gasteiger charge is 2.64. The summed E-state index contributed by atoms with van der Waals surface area (Å²) in [4.78, 5) is 24.8. The Morgan fingerprint density at radius 3 is 2.39 bits per heavy atom. The van der Waals surface area contributed by atoms with Crippen molar-refractivity contribution in [2.45, 2.75) is 51.0 Å². The number of nitrogens with zero attached hydrogens (tertiary/aromatic N) is 1. The maximum atomic E-state index is 13.7. The van der Waals surface area contributed by atoms with Crippen LogP contribution in [0.15, 0.2) is 0 Å². The molecule has 5 nitrogen and oxygen atoms in total. The van der Waals surface area contributed by atoms with Crippen molar-refractivity contribution in [3.05, 3.63) is 0 Å². The van der Waals surface area contributed by atoms with Crippen molar-refractivity contribution in [2.24, 2.45) is 5.92 Å². The minimum atomic E-state index is -1.15. The Labute approximate surface area is 105 Å². The van der Waals surface area contributed by atoms with Crippen LogP contribution in [-0.4, -0.2) is 47.9 Å². The van der Waals surface area contributed by atoms with E-state index in [2.05, 4.69) is 4.74 Å². The molecule has 0 aromatic carbocycles. The topological polar surface area (TPSA) is 55.8 Å². The summed E-state index contributed by atoms with van der Waals surface area (Å²) in [6.07, 6.45) is -1.30. The molecule has 0 N–H and O–H groups in total. The first kappa shape index (κ1) is 13.1. The summed E-state index contributed by atoms with van der Waals surface area (Å²) in [6, 6.07) is -1.39. The third-order valence-corrected chi connectivity index (χ3v) is 3.40. The van der Waals surface area contributed by atoms with E-state index in [0.29, 0.717) is 6.42 Å². The Morgan fingerprint density at radius 2 is 1.94 bits per heavy atom. The summed E-state index contributed by atoms with van der Waals surface area (Å²) in [6.45, 7) is 5.18. The van der Waals surface area contributed by atoms with Gasteiger partial charge in [-0.05, 0) is 27.2 Å². The van der Waals surface area contributed by atoms with Gasteiger partial charge >= 0.3 is 12.1 Å². The van der Waals surface area contributed by atoms with Crippen molar-refractivity contribution < 1.29 is 23.5 Å². The molecule has 18 heavy (non-hydrogen) atoms. The fourth-order valence-corrected chi connectivity index (χ4v) is 2.58. The molecule has 2 saturated heterocycles. The number of methoxy groups -OCH3 is 1. The van der Waals surface area contributed by atoms with Gasteiger partial charge in [0.1, 0.15) is 17.8 Å². The monoisotopic (exact) mass is 259 g/mol. The number of ether oxygens (including phenoxy) is 2. The van der Waals surface area contributed by atoms with Crippen LogP contribution in [-0.2, 0) is 14.3 Å². The highest BCUT2D eigenvalue weighted by atomic mass is 19.1. The van der Waals surface area contributed by atoms with Crippen molar-refractivity contribution in [1.29, 1.82) is 0 Å². The van der Waals surface area contributed by atoms with Gasteiger partial charge in [-0.25, -0.2) is 14.0 Å². The number of esters is 1. The zero-order valence-electron chi connectivity index (χ0n) is 11.0. The molecule has 3 aliphatic rings. The van der Waals surface area contributed by atoms with E-state index in [0.717, 1.165) is 0 Å². The zero-order valence-corrected chi connectivity index (χ0v) is 11.0. The van der Waals surface area contributed by atoms with Crippen molar-refractivity contribution in [3.63, 3.8) is 0 Å². The van der Waals surface area contributed by atoms with Crippen LogP contribution in [0.4, 0.5) is 9.18 Å². The number of hydrogen-bond acceptors (Lipinski definition) is 4. The molecule has 3 rings (SSSR count). The van der Waals surface area contributed by atoms with Crippen molar-refractivity contribution >= 4 is 12.1 Å². The maximum absolute atomic E-state index is 13.7. The molecule has 0 aromatic heterocycles. The third kappa shape index (κ3) is 1.93. The van der Waals surface area contributed by atoms with E-state index in [9.17, 15) is 14.0 Å². The second kappa shape index (κ2) is 4.10. The Morgan fingerprint density at radius 1 is 1.33 bits per heavy atom. The van der Waals surface area contributed by atoms with E-state index in [4.69, 9.17) is 4.74 Å². The molecule has 2 bridgehead atoms. The van der Waals surface area contributed by atoms with Gasteiger partial charge in [-0.2, -0.15) is 0 Å². The number of carbonyl (C=O) groups excluding carboxylic acids is 2. The minimum Gasteiger partial charge on any atom is -0.467 e. The first-order valence-electron chi connectivity index (χ1n) is 5.99. The molecule has 102 valence electrons. The van der Waals surface area contributed by atoms with E-state index in [1.165, 1.54) is 12.0 Å². The van der Waals surface area contributed by atoms with Gasteiger partial charge in [-0.1, -0.05) is 0 Å². The molecule has 1 saturated carbocycles. The summed E-state index contributed by atoms with van der Waals surface area (Å²) < 4.78 is 23.5. The molecule has 6 heteroatoms. The quantitative estimate of drug-likeness (QED) is 0.670. The summed E-state index contributed by atoms with van der Waals surface area (Å²) in [5.74, 6) is -1.02. The van der Waals surface area contributed by atoms with Crippen LogP contribution >= 0.6 is 0 Å². The molecule has 2 heterocycles. The van der Waals surface area contributed by atoms with Crippen molar-refractivity contribution in [3.8, 4) is 0 Å².